The molecule has 2 fully saturated rings. The fraction of sp³-hybridized carbons (Fsp3) is 0.667. The second-order valence-corrected chi connectivity index (χ2v) is 6.41. The zero-order valence-corrected chi connectivity index (χ0v) is 15.8. The normalized spacial score (nSPS) is 29.0. The van der Waals surface area contributed by atoms with E-state index in [0.717, 1.165) is 25.3 Å². The fourth-order valence-corrected chi connectivity index (χ4v) is 3.87. The van der Waals surface area contributed by atoms with E-state index >= 15 is 0 Å². The first kappa shape index (κ1) is 17.0. The SMILES string of the molecule is CN=C(NC1CC(OC)C1)N1CCCC1c1ccsc1.I. The van der Waals surface area contributed by atoms with Gasteiger partial charge in [0.15, 0.2) is 5.96 Å². The number of nitrogens with one attached hydrogen (secondary N) is 1. The molecule has 0 spiro atoms. The molecule has 0 radical (unpaired) electrons. The summed E-state index contributed by atoms with van der Waals surface area (Å²) in [5, 5.41) is 8.03. The molecular formula is C15H24IN3OS. The number of guanidine groups is 1. The van der Waals surface area contributed by atoms with Crippen LogP contribution in [-0.2, 0) is 4.74 Å². The Morgan fingerprint density at radius 3 is 2.90 bits per heavy atom. The fourth-order valence-electron chi connectivity index (χ4n) is 3.17. The lowest BCUT2D eigenvalue weighted by molar-refractivity contribution is 0.0216. The quantitative estimate of drug-likeness (QED) is 0.463. The van der Waals surface area contributed by atoms with Crippen molar-refractivity contribution < 1.29 is 4.74 Å². The number of likely N-dealkylation sites (tertiary alicyclic amines) is 1. The Balaban J connectivity index is 0.00000161. The van der Waals surface area contributed by atoms with Gasteiger partial charge in [0, 0.05) is 26.7 Å². The Kier molecular flexibility index (Phi) is 6.31. The summed E-state index contributed by atoms with van der Waals surface area (Å²) < 4.78 is 5.34. The Morgan fingerprint density at radius 2 is 2.29 bits per heavy atom. The highest BCUT2D eigenvalue weighted by Crippen LogP contribution is 2.33. The lowest BCUT2D eigenvalue weighted by Crippen LogP contribution is -2.52. The van der Waals surface area contributed by atoms with E-state index in [2.05, 4.69) is 32.0 Å². The van der Waals surface area contributed by atoms with E-state index in [1.54, 1.807) is 18.4 Å². The molecule has 1 N–H and O–H groups in total. The molecule has 1 atom stereocenters. The molecule has 0 amide bonds. The summed E-state index contributed by atoms with van der Waals surface area (Å²) in [5.41, 5.74) is 1.43. The third kappa shape index (κ3) is 3.71. The van der Waals surface area contributed by atoms with E-state index in [4.69, 9.17) is 4.74 Å². The summed E-state index contributed by atoms with van der Waals surface area (Å²) in [6, 6.07) is 3.25. The molecule has 0 aromatic carbocycles. The maximum Gasteiger partial charge on any atom is 0.194 e. The predicted octanol–water partition coefficient (Wildman–Crippen LogP) is 3.26. The maximum absolute atomic E-state index is 5.34. The minimum Gasteiger partial charge on any atom is -0.381 e. The van der Waals surface area contributed by atoms with Gasteiger partial charge in [-0.2, -0.15) is 11.3 Å². The van der Waals surface area contributed by atoms with Crippen molar-refractivity contribution in [2.45, 2.75) is 43.9 Å². The number of hydrogen-bond acceptors (Lipinski definition) is 3. The van der Waals surface area contributed by atoms with Gasteiger partial charge in [0.1, 0.15) is 0 Å². The number of hydrogen-bond donors (Lipinski definition) is 1. The van der Waals surface area contributed by atoms with Crippen LogP contribution in [0.5, 0.6) is 0 Å². The van der Waals surface area contributed by atoms with E-state index in [9.17, 15) is 0 Å². The van der Waals surface area contributed by atoms with Gasteiger partial charge < -0.3 is 15.0 Å². The van der Waals surface area contributed by atoms with Crippen LogP contribution in [0.2, 0.25) is 0 Å². The summed E-state index contributed by atoms with van der Waals surface area (Å²) in [6.07, 6.45) is 5.07. The molecule has 3 rings (SSSR count). The van der Waals surface area contributed by atoms with Gasteiger partial charge in [0.25, 0.3) is 0 Å². The Morgan fingerprint density at radius 1 is 1.48 bits per heavy atom. The molecule has 0 bridgehead atoms. The molecule has 1 aromatic heterocycles. The molecule has 21 heavy (non-hydrogen) atoms. The maximum atomic E-state index is 5.34. The number of methoxy groups -OCH3 is 1. The van der Waals surface area contributed by atoms with Crippen LogP contribution in [0.3, 0.4) is 0 Å². The standard InChI is InChI=1S/C15H23N3OS.HI/c1-16-15(17-12-8-13(9-12)19-2)18-6-3-4-14(18)11-5-7-20-10-11;/h5,7,10,12-14H,3-4,6,8-9H2,1-2H3,(H,16,17);1H. The van der Waals surface area contributed by atoms with Gasteiger partial charge in [-0.05, 0) is 48.1 Å². The second kappa shape index (κ2) is 7.78. The van der Waals surface area contributed by atoms with Gasteiger partial charge >= 0.3 is 0 Å². The Hall–Kier alpha value is -0.340. The van der Waals surface area contributed by atoms with E-state index < -0.39 is 0 Å². The van der Waals surface area contributed by atoms with Gasteiger partial charge in [-0.3, -0.25) is 4.99 Å². The summed E-state index contributed by atoms with van der Waals surface area (Å²) in [5.74, 6) is 1.05. The molecule has 4 nitrogen and oxygen atoms in total. The predicted molar refractivity (Wildman–Crippen MR) is 98.7 cm³/mol. The highest BCUT2D eigenvalue weighted by molar-refractivity contribution is 14.0. The van der Waals surface area contributed by atoms with Crippen molar-refractivity contribution in [3.8, 4) is 0 Å². The van der Waals surface area contributed by atoms with Gasteiger partial charge in [0.05, 0.1) is 12.1 Å². The molecule has 1 unspecified atom stereocenters. The molecule has 118 valence electrons. The van der Waals surface area contributed by atoms with Crippen molar-refractivity contribution in [2.24, 2.45) is 4.99 Å². The molecular weight excluding hydrogens is 397 g/mol. The third-order valence-corrected chi connectivity index (χ3v) is 5.13. The lowest BCUT2D eigenvalue weighted by Gasteiger charge is -2.38. The zero-order valence-electron chi connectivity index (χ0n) is 12.6. The average molecular weight is 421 g/mol. The van der Waals surface area contributed by atoms with E-state index in [0.29, 0.717) is 18.2 Å². The van der Waals surface area contributed by atoms with Crippen molar-refractivity contribution in [3.63, 3.8) is 0 Å². The topological polar surface area (TPSA) is 36.9 Å². The summed E-state index contributed by atoms with van der Waals surface area (Å²) in [4.78, 5) is 6.93. The molecule has 1 saturated carbocycles. The van der Waals surface area contributed by atoms with Crippen LogP contribution in [-0.4, -0.2) is 43.7 Å². The minimum absolute atomic E-state index is 0. The second-order valence-electron chi connectivity index (χ2n) is 5.63. The number of thiophene rings is 1. The zero-order chi connectivity index (χ0) is 13.9. The highest BCUT2D eigenvalue weighted by atomic mass is 127. The number of halogens is 1. The highest BCUT2D eigenvalue weighted by Gasteiger charge is 2.33. The van der Waals surface area contributed by atoms with Gasteiger partial charge in [-0.25, -0.2) is 0 Å². The van der Waals surface area contributed by atoms with Crippen molar-refractivity contribution in [1.82, 2.24) is 10.2 Å². The summed E-state index contributed by atoms with van der Waals surface area (Å²) >= 11 is 1.78. The van der Waals surface area contributed by atoms with Crippen LogP contribution in [0, 0.1) is 0 Å². The molecule has 6 heteroatoms. The van der Waals surface area contributed by atoms with Crippen molar-refractivity contribution in [2.75, 3.05) is 20.7 Å². The smallest absolute Gasteiger partial charge is 0.194 e. The number of ether oxygens (including phenoxy) is 1. The molecule has 1 aliphatic heterocycles. The lowest BCUT2D eigenvalue weighted by atomic mass is 9.89. The van der Waals surface area contributed by atoms with E-state index in [1.165, 1.54) is 18.4 Å². The van der Waals surface area contributed by atoms with Crippen LogP contribution < -0.4 is 5.32 Å². The Labute approximate surface area is 148 Å². The average Bonchev–Trinajstić information content (AvgIpc) is 3.07. The van der Waals surface area contributed by atoms with Crippen LogP contribution in [0.25, 0.3) is 0 Å². The monoisotopic (exact) mass is 421 g/mol. The van der Waals surface area contributed by atoms with E-state index in [-0.39, 0.29) is 24.0 Å². The number of nitrogens with zero attached hydrogens (tertiary/aromatic N) is 2. The first-order valence-electron chi connectivity index (χ1n) is 7.36. The van der Waals surface area contributed by atoms with Crippen LogP contribution >= 0.6 is 35.3 Å². The van der Waals surface area contributed by atoms with Crippen molar-refractivity contribution in [1.29, 1.82) is 0 Å². The first-order valence-corrected chi connectivity index (χ1v) is 8.31. The van der Waals surface area contributed by atoms with Crippen molar-refractivity contribution >= 4 is 41.3 Å². The largest absolute Gasteiger partial charge is 0.381 e. The Bertz CT molecular complexity index is 459. The van der Waals surface area contributed by atoms with Crippen LogP contribution in [0.15, 0.2) is 21.8 Å². The number of aliphatic imine (C=N–C) groups is 1. The molecule has 1 saturated heterocycles. The summed E-state index contributed by atoms with van der Waals surface area (Å²) in [7, 11) is 3.68. The minimum atomic E-state index is 0. The summed E-state index contributed by atoms with van der Waals surface area (Å²) in [6.45, 7) is 1.10. The van der Waals surface area contributed by atoms with Crippen molar-refractivity contribution in [3.05, 3.63) is 22.4 Å². The van der Waals surface area contributed by atoms with E-state index in [1.807, 2.05) is 7.05 Å². The van der Waals surface area contributed by atoms with Gasteiger partial charge in [-0.1, -0.05) is 0 Å². The molecule has 2 heterocycles. The van der Waals surface area contributed by atoms with Crippen LogP contribution in [0.4, 0.5) is 0 Å². The molecule has 2 aliphatic rings. The number of rotatable bonds is 3. The first-order chi connectivity index (χ1) is 9.81. The van der Waals surface area contributed by atoms with Crippen LogP contribution in [0.1, 0.15) is 37.3 Å². The molecule has 1 aliphatic carbocycles. The van der Waals surface area contributed by atoms with Gasteiger partial charge in [-0.15, -0.1) is 24.0 Å². The third-order valence-electron chi connectivity index (χ3n) is 4.43. The molecule has 1 aromatic rings. The van der Waals surface area contributed by atoms with Gasteiger partial charge in [0.2, 0.25) is 0 Å².